The van der Waals surface area contributed by atoms with Gasteiger partial charge in [0.1, 0.15) is 5.60 Å². The van der Waals surface area contributed by atoms with Crippen molar-refractivity contribution in [2.75, 3.05) is 33.9 Å². The topological polar surface area (TPSA) is 50.7 Å². The third-order valence-corrected chi connectivity index (χ3v) is 3.12. The predicted octanol–water partition coefficient (Wildman–Crippen LogP) is 0.542. The minimum atomic E-state index is -0.694. The van der Waals surface area contributed by atoms with Crippen molar-refractivity contribution >= 4 is 0 Å². The molecule has 0 heterocycles. The average molecular weight is 217 g/mol. The maximum Gasteiger partial charge on any atom is 0.103 e. The predicted molar refractivity (Wildman–Crippen MR) is 59.0 cm³/mol. The maximum absolute atomic E-state index is 10.4. The van der Waals surface area contributed by atoms with Gasteiger partial charge in [-0.1, -0.05) is 12.8 Å². The summed E-state index contributed by atoms with van der Waals surface area (Å²) in [4.78, 5) is 0. The second-order valence-corrected chi connectivity index (χ2v) is 4.24. The van der Waals surface area contributed by atoms with Crippen LogP contribution >= 0.6 is 0 Å². The van der Waals surface area contributed by atoms with E-state index in [-0.39, 0.29) is 6.10 Å². The second-order valence-electron chi connectivity index (χ2n) is 4.24. The first-order valence-electron chi connectivity index (χ1n) is 5.68. The van der Waals surface area contributed by atoms with Gasteiger partial charge in [0.15, 0.2) is 0 Å². The van der Waals surface area contributed by atoms with Crippen LogP contribution in [0.3, 0.4) is 0 Å². The Labute approximate surface area is 92.0 Å². The Morgan fingerprint density at radius 3 is 2.87 bits per heavy atom. The van der Waals surface area contributed by atoms with Crippen LogP contribution in [0.5, 0.6) is 0 Å². The number of nitrogens with one attached hydrogen (secondary N) is 1. The molecule has 0 aromatic carbocycles. The summed E-state index contributed by atoms with van der Waals surface area (Å²) in [7, 11) is 3.35. The number of ether oxygens (including phenoxy) is 2. The lowest BCUT2D eigenvalue weighted by molar-refractivity contribution is -0.114. The Hall–Kier alpha value is -0.160. The van der Waals surface area contributed by atoms with E-state index >= 15 is 0 Å². The smallest absolute Gasteiger partial charge is 0.103 e. The van der Waals surface area contributed by atoms with Crippen LogP contribution in [-0.4, -0.2) is 50.7 Å². The Morgan fingerprint density at radius 1 is 1.40 bits per heavy atom. The summed E-state index contributed by atoms with van der Waals surface area (Å²) >= 11 is 0. The molecule has 0 aliphatic heterocycles. The van der Waals surface area contributed by atoms with Crippen molar-refractivity contribution < 1.29 is 14.6 Å². The van der Waals surface area contributed by atoms with E-state index in [1.54, 1.807) is 14.2 Å². The molecule has 1 fully saturated rings. The molecule has 90 valence electrons. The van der Waals surface area contributed by atoms with Gasteiger partial charge in [-0.3, -0.25) is 0 Å². The fraction of sp³-hybridized carbons (Fsp3) is 1.00. The highest BCUT2D eigenvalue weighted by molar-refractivity contribution is 4.92. The molecule has 0 amide bonds. The van der Waals surface area contributed by atoms with Gasteiger partial charge in [0.25, 0.3) is 0 Å². The van der Waals surface area contributed by atoms with Crippen LogP contribution in [-0.2, 0) is 9.47 Å². The lowest BCUT2D eigenvalue weighted by Crippen LogP contribution is -2.53. The van der Waals surface area contributed by atoms with Crippen LogP contribution in [0.15, 0.2) is 0 Å². The summed E-state index contributed by atoms with van der Waals surface area (Å²) < 4.78 is 10.3. The van der Waals surface area contributed by atoms with E-state index in [9.17, 15) is 5.11 Å². The fourth-order valence-corrected chi connectivity index (χ4v) is 2.21. The van der Waals surface area contributed by atoms with Crippen molar-refractivity contribution in [1.82, 2.24) is 5.32 Å². The Balaban J connectivity index is 2.33. The minimum Gasteiger partial charge on any atom is -0.386 e. The first-order chi connectivity index (χ1) is 7.23. The van der Waals surface area contributed by atoms with Gasteiger partial charge in [0, 0.05) is 27.3 Å². The molecule has 15 heavy (non-hydrogen) atoms. The van der Waals surface area contributed by atoms with Crippen LogP contribution in [0.25, 0.3) is 0 Å². The van der Waals surface area contributed by atoms with E-state index < -0.39 is 5.60 Å². The summed E-state index contributed by atoms with van der Waals surface area (Å²) in [6, 6.07) is 0. The number of hydrogen-bond donors (Lipinski definition) is 2. The summed E-state index contributed by atoms with van der Waals surface area (Å²) in [6.45, 7) is 2.04. The van der Waals surface area contributed by atoms with Crippen molar-refractivity contribution in [3.8, 4) is 0 Å². The van der Waals surface area contributed by atoms with Crippen molar-refractivity contribution in [3.05, 3.63) is 0 Å². The van der Waals surface area contributed by atoms with Crippen molar-refractivity contribution in [3.63, 3.8) is 0 Å². The van der Waals surface area contributed by atoms with Crippen LogP contribution in [0.2, 0.25) is 0 Å². The van der Waals surface area contributed by atoms with Crippen LogP contribution in [0.4, 0.5) is 0 Å². The molecular formula is C11H23NO3. The van der Waals surface area contributed by atoms with E-state index in [4.69, 9.17) is 9.47 Å². The monoisotopic (exact) mass is 217 g/mol. The van der Waals surface area contributed by atoms with Gasteiger partial charge in [-0.15, -0.1) is 0 Å². The quantitative estimate of drug-likeness (QED) is 0.638. The molecule has 4 heteroatoms. The summed E-state index contributed by atoms with van der Waals surface area (Å²) in [5.41, 5.74) is -0.694. The molecule has 0 bridgehead atoms. The molecule has 1 saturated carbocycles. The Morgan fingerprint density at radius 2 is 2.20 bits per heavy atom. The molecule has 1 aliphatic rings. The maximum atomic E-state index is 10.4. The summed E-state index contributed by atoms with van der Waals surface area (Å²) in [5, 5.41) is 13.6. The largest absolute Gasteiger partial charge is 0.386 e. The van der Waals surface area contributed by atoms with E-state index in [0.717, 1.165) is 32.2 Å². The third-order valence-electron chi connectivity index (χ3n) is 3.12. The normalized spacial score (nSPS) is 31.8. The molecule has 0 aromatic heterocycles. The van der Waals surface area contributed by atoms with E-state index in [0.29, 0.717) is 13.2 Å². The molecule has 4 nitrogen and oxygen atoms in total. The third kappa shape index (κ3) is 3.72. The Kier molecular flexibility index (Phi) is 5.53. The first-order valence-corrected chi connectivity index (χ1v) is 5.68. The van der Waals surface area contributed by atoms with Gasteiger partial charge in [-0.2, -0.15) is 0 Å². The highest BCUT2D eigenvalue weighted by atomic mass is 16.5. The molecular weight excluding hydrogens is 194 g/mol. The molecule has 1 rings (SSSR count). The summed E-state index contributed by atoms with van der Waals surface area (Å²) in [6.07, 6.45) is 3.99. The van der Waals surface area contributed by atoms with Crippen molar-refractivity contribution in [2.45, 2.75) is 37.4 Å². The zero-order valence-electron chi connectivity index (χ0n) is 9.79. The lowest BCUT2D eigenvalue weighted by atomic mass is 9.82. The van der Waals surface area contributed by atoms with E-state index in [1.807, 2.05) is 0 Å². The molecule has 0 saturated heterocycles. The first kappa shape index (κ1) is 12.9. The standard InChI is InChI=1S/C11H23NO3/c1-14-8-7-12-9-11(13)6-4-3-5-10(11)15-2/h10,12-13H,3-9H2,1-2H3. The molecule has 0 aromatic rings. The molecule has 1 aliphatic carbocycles. The molecule has 0 spiro atoms. The molecule has 2 N–H and O–H groups in total. The van der Waals surface area contributed by atoms with Gasteiger partial charge < -0.3 is 19.9 Å². The van der Waals surface area contributed by atoms with Crippen LogP contribution in [0.1, 0.15) is 25.7 Å². The molecule has 2 unspecified atom stereocenters. The van der Waals surface area contributed by atoms with Gasteiger partial charge in [0.2, 0.25) is 0 Å². The van der Waals surface area contributed by atoms with E-state index in [1.165, 1.54) is 0 Å². The zero-order valence-corrected chi connectivity index (χ0v) is 9.79. The van der Waals surface area contributed by atoms with E-state index in [2.05, 4.69) is 5.32 Å². The lowest BCUT2D eigenvalue weighted by Gasteiger charge is -2.39. The molecule has 0 radical (unpaired) electrons. The van der Waals surface area contributed by atoms with Crippen LogP contribution < -0.4 is 5.32 Å². The number of methoxy groups -OCH3 is 2. The van der Waals surface area contributed by atoms with Gasteiger partial charge in [-0.05, 0) is 12.8 Å². The Bertz CT molecular complexity index is 177. The SMILES string of the molecule is COCCNCC1(O)CCCCC1OC. The van der Waals surface area contributed by atoms with Gasteiger partial charge in [-0.25, -0.2) is 0 Å². The van der Waals surface area contributed by atoms with Gasteiger partial charge >= 0.3 is 0 Å². The van der Waals surface area contributed by atoms with Crippen molar-refractivity contribution in [1.29, 1.82) is 0 Å². The average Bonchev–Trinajstić information content (AvgIpc) is 2.25. The van der Waals surface area contributed by atoms with Crippen molar-refractivity contribution in [2.24, 2.45) is 0 Å². The second kappa shape index (κ2) is 6.43. The number of hydrogen-bond acceptors (Lipinski definition) is 4. The molecule has 2 atom stereocenters. The number of aliphatic hydroxyl groups is 1. The highest BCUT2D eigenvalue weighted by Crippen LogP contribution is 2.29. The van der Waals surface area contributed by atoms with Crippen LogP contribution in [0, 0.1) is 0 Å². The fourth-order valence-electron chi connectivity index (χ4n) is 2.21. The number of rotatable bonds is 6. The minimum absolute atomic E-state index is 0.0266. The zero-order chi connectivity index (χ0) is 11.1. The van der Waals surface area contributed by atoms with Gasteiger partial charge in [0.05, 0.1) is 12.7 Å². The summed E-state index contributed by atoms with van der Waals surface area (Å²) in [5.74, 6) is 0. The highest BCUT2D eigenvalue weighted by Gasteiger charge is 2.38.